The number of nitriles is 4. The Morgan fingerprint density at radius 3 is 1.90 bits per heavy atom. The minimum Gasteiger partial charge on any atom is -0.376 e. The third-order valence-electron chi connectivity index (χ3n) is 2.97. The summed E-state index contributed by atoms with van der Waals surface area (Å²) in [5.41, 5.74) is 0.529. The molecule has 0 aliphatic carbocycles. The van der Waals surface area contributed by atoms with E-state index in [2.05, 4.69) is 0 Å². The summed E-state index contributed by atoms with van der Waals surface area (Å²) in [6.07, 6.45) is -0.617. The van der Waals surface area contributed by atoms with E-state index in [4.69, 9.17) is 20.0 Å². The Morgan fingerprint density at radius 1 is 0.900 bits per heavy atom. The summed E-state index contributed by atoms with van der Waals surface area (Å²) < 4.78 is 10.8. The maximum absolute atomic E-state index is 9.25. The van der Waals surface area contributed by atoms with Crippen LogP contribution in [0.3, 0.4) is 0 Å². The molecule has 0 bridgehead atoms. The van der Waals surface area contributed by atoms with Crippen LogP contribution < -0.4 is 0 Å². The highest BCUT2D eigenvalue weighted by molar-refractivity contribution is 5.63. The first-order valence-electron chi connectivity index (χ1n) is 5.77. The lowest BCUT2D eigenvalue weighted by molar-refractivity contribution is -0.0903. The van der Waals surface area contributed by atoms with Crippen LogP contribution in [0.2, 0.25) is 0 Å². The van der Waals surface area contributed by atoms with Crippen LogP contribution in [0.5, 0.6) is 0 Å². The molecule has 20 heavy (non-hydrogen) atoms. The van der Waals surface area contributed by atoms with Crippen LogP contribution in [-0.2, 0) is 9.47 Å². The van der Waals surface area contributed by atoms with Crippen LogP contribution in [0.4, 0.5) is 0 Å². The molecule has 1 atom stereocenters. The SMILES string of the molecule is N#Cc1cc(C#N)c(C#N)c(C2COCCO2)c1C#N. The number of benzene rings is 1. The smallest absolute Gasteiger partial charge is 0.109 e. The monoisotopic (exact) mass is 264 g/mol. The largest absolute Gasteiger partial charge is 0.376 e. The zero-order valence-corrected chi connectivity index (χ0v) is 10.4. The van der Waals surface area contributed by atoms with Crippen LogP contribution in [0, 0.1) is 45.3 Å². The summed E-state index contributed by atoms with van der Waals surface area (Å²) >= 11 is 0. The highest BCUT2D eigenvalue weighted by Gasteiger charge is 2.27. The van der Waals surface area contributed by atoms with Gasteiger partial charge in [-0.25, -0.2) is 0 Å². The Labute approximate surface area is 115 Å². The minimum atomic E-state index is -0.617. The number of hydrogen-bond acceptors (Lipinski definition) is 6. The van der Waals surface area contributed by atoms with Gasteiger partial charge in [0.15, 0.2) is 0 Å². The van der Waals surface area contributed by atoms with Crippen LogP contribution in [0.15, 0.2) is 6.07 Å². The molecule has 6 heteroatoms. The normalized spacial score (nSPS) is 17.3. The molecule has 1 aromatic rings. The van der Waals surface area contributed by atoms with E-state index in [9.17, 15) is 10.5 Å². The molecule has 0 N–H and O–H groups in total. The summed E-state index contributed by atoms with van der Waals surface area (Å²) in [7, 11) is 0. The second kappa shape index (κ2) is 5.83. The summed E-state index contributed by atoms with van der Waals surface area (Å²) in [4.78, 5) is 0. The van der Waals surface area contributed by atoms with Crippen molar-refractivity contribution in [2.45, 2.75) is 6.10 Å². The molecule has 0 spiro atoms. The Bertz CT molecular complexity index is 657. The molecule has 0 radical (unpaired) electrons. The second-order valence-corrected chi connectivity index (χ2v) is 4.02. The summed E-state index contributed by atoms with van der Waals surface area (Å²) in [5.74, 6) is 0. The summed E-state index contributed by atoms with van der Waals surface area (Å²) in [6, 6.07) is 8.84. The molecule has 0 aromatic heterocycles. The molecule has 1 aromatic carbocycles. The standard InChI is InChI=1S/C14H8N4O2/c15-4-9-3-10(5-16)12(7-18)14(11(9)6-17)13-8-19-1-2-20-13/h3,13H,1-2,8H2. The van der Waals surface area contributed by atoms with Crippen molar-refractivity contribution in [2.24, 2.45) is 0 Å². The van der Waals surface area contributed by atoms with Gasteiger partial charge in [0.2, 0.25) is 0 Å². The van der Waals surface area contributed by atoms with Crippen LogP contribution in [0.25, 0.3) is 0 Å². The zero-order chi connectivity index (χ0) is 14.5. The van der Waals surface area contributed by atoms with Crippen molar-refractivity contribution >= 4 is 0 Å². The third-order valence-corrected chi connectivity index (χ3v) is 2.97. The molecule has 96 valence electrons. The van der Waals surface area contributed by atoms with Gasteiger partial charge in [-0.05, 0) is 6.07 Å². The summed E-state index contributed by atoms with van der Waals surface area (Å²) in [6.45, 7) is 0.950. The lowest BCUT2D eigenvalue weighted by Crippen LogP contribution is -2.24. The van der Waals surface area contributed by atoms with E-state index in [0.29, 0.717) is 13.2 Å². The van der Waals surface area contributed by atoms with Crippen molar-refractivity contribution in [1.82, 2.24) is 0 Å². The van der Waals surface area contributed by atoms with Crippen molar-refractivity contribution in [3.05, 3.63) is 33.9 Å². The van der Waals surface area contributed by atoms with Gasteiger partial charge in [-0.1, -0.05) is 0 Å². The van der Waals surface area contributed by atoms with Crippen molar-refractivity contribution in [3.8, 4) is 24.3 Å². The lowest BCUT2D eigenvalue weighted by atomic mass is 9.90. The molecular formula is C14H8N4O2. The molecule has 1 aliphatic heterocycles. The molecule has 1 heterocycles. The van der Waals surface area contributed by atoms with Gasteiger partial charge in [-0.3, -0.25) is 0 Å². The molecule has 1 aliphatic rings. The first kappa shape index (κ1) is 13.5. The van der Waals surface area contributed by atoms with E-state index < -0.39 is 6.10 Å². The van der Waals surface area contributed by atoms with Gasteiger partial charge >= 0.3 is 0 Å². The van der Waals surface area contributed by atoms with E-state index in [-0.39, 0.29) is 34.4 Å². The minimum absolute atomic E-state index is 0.0622. The van der Waals surface area contributed by atoms with E-state index >= 15 is 0 Å². The van der Waals surface area contributed by atoms with E-state index in [1.54, 1.807) is 0 Å². The number of hydrogen-bond donors (Lipinski definition) is 0. The fourth-order valence-corrected chi connectivity index (χ4v) is 2.10. The van der Waals surface area contributed by atoms with Crippen LogP contribution in [0.1, 0.15) is 33.9 Å². The van der Waals surface area contributed by atoms with Crippen molar-refractivity contribution in [1.29, 1.82) is 21.0 Å². The molecule has 1 fully saturated rings. The molecule has 6 nitrogen and oxygen atoms in total. The molecule has 0 saturated carbocycles. The molecule has 1 saturated heterocycles. The van der Waals surface area contributed by atoms with Gasteiger partial charge in [0, 0.05) is 5.56 Å². The van der Waals surface area contributed by atoms with Gasteiger partial charge in [0.25, 0.3) is 0 Å². The van der Waals surface area contributed by atoms with E-state index in [1.165, 1.54) is 6.07 Å². The topological polar surface area (TPSA) is 114 Å². The highest BCUT2D eigenvalue weighted by atomic mass is 16.6. The van der Waals surface area contributed by atoms with Gasteiger partial charge in [-0.2, -0.15) is 21.0 Å². The second-order valence-electron chi connectivity index (χ2n) is 4.02. The maximum Gasteiger partial charge on any atom is 0.109 e. The molecule has 2 rings (SSSR count). The third kappa shape index (κ3) is 2.18. The fourth-order valence-electron chi connectivity index (χ4n) is 2.10. The lowest BCUT2D eigenvalue weighted by Gasteiger charge is -2.25. The number of rotatable bonds is 1. The summed E-state index contributed by atoms with van der Waals surface area (Å²) in [5, 5.41) is 36.7. The average Bonchev–Trinajstić information content (AvgIpc) is 2.53. The van der Waals surface area contributed by atoms with E-state index in [0.717, 1.165) is 0 Å². The molecule has 1 unspecified atom stereocenters. The highest BCUT2D eigenvalue weighted by Crippen LogP contribution is 2.31. The zero-order valence-electron chi connectivity index (χ0n) is 10.4. The van der Waals surface area contributed by atoms with Crippen LogP contribution in [-0.4, -0.2) is 19.8 Å². The van der Waals surface area contributed by atoms with Gasteiger partial charge in [0.1, 0.15) is 30.4 Å². The Morgan fingerprint density at radius 2 is 1.50 bits per heavy atom. The Balaban J connectivity index is 2.75. The predicted molar refractivity (Wildman–Crippen MR) is 64.8 cm³/mol. The maximum atomic E-state index is 9.25. The Hall–Kier alpha value is -2.90. The Kier molecular flexibility index (Phi) is 3.94. The first-order valence-corrected chi connectivity index (χ1v) is 5.77. The van der Waals surface area contributed by atoms with Crippen molar-refractivity contribution < 1.29 is 9.47 Å². The fraction of sp³-hybridized carbons (Fsp3) is 0.286. The van der Waals surface area contributed by atoms with Crippen molar-refractivity contribution in [3.63, 3.8) is 0 Å². The average molecular weight is 264 g/mol. The number of nitrogens with zero attached hydrogens (tertiary/aromatic N) is 4. The van der Waals surface area contributed by atoms with Crippen molar-refractivity contribution in [2.75, 3.05) is 19.8 Å². The first-order chi connectivity index (χ1) is 9.76. The molecular weight excluding hydrogens is 256 g/mol. The quantitative estimate of drug-likeness (QED) is 0.754. The van der Waals surface area contributed by atoms with E-state index in [1.807, 2.05) is 24.3 Å². The van der Waals surface area contributed by atoms with Gasteiger partial charge in [-0.15, -0.1) is 0 Å². The van der Waals surface area contributed by atoms with Gasteiger partial charge < -0.3 is 9.47 Å². The van der Waals surface area contributed by atoms with Crippen LogP contribution >= 0.6 is 0 Å². The number of ether oxygens (including phenoxy) is 2. The predicted octanol–water partition coefficient (Wildman–Crippen LogP) is 1.26. The van der Waals surface area contributed by atoms with Gasteiger partial charge in [0.05, 0.1) is 42.1 Å². The molecule has 0 amide bonds.